The number of anilines is 1. The Bertz CT molecular complexity index is 578. The van der Waals surface area contributed by atoms with Gasteiger partial charge in [-0.25, -0.2) is 0 Å². The summed E-state index contributed by atoms with van der Waals surface area (Å²) in [5.41, 5.74) is 6.61. The zero-order valence-electron chi connectivity index (χ0n) is 10.9. The number of nitrogen functional groups attached to an aromatic ring is 1. The lowest BCUT2D eigenvalue weighted by atomic mass is 10.1. The molecule has 0 unspecified atom stereocenters. The zero-order valence-corrected chi connectivity index (χ0v) is 11.6. The molecule has 1 aromatic rings. The number of primary amides is 1. The van der Waals surface area contributed by atoms with Gasteiger partial charge < -0.3 is 16.5 Å². The van der Waals surface area contributed by atoms with Gasteiger partial charge in [-0.15, -0.1) is 0 Å². The summed E-state index contributed by atoms with van der Waals surface area (Å²) in [7, 11) is 0. The molecule has 114 valence electrons. The van der Waals surface area contributed by atoms with Crippen molar-refractivity contribution in [3.8, 4) is 0 Å². The Morgan fingerprint density at radius 2 is 2.05 bits per heavy atom. The summed E-state index contributed by atoms with van der Waals surface area (Å²) >= 11 is 5.84. The van der Waals surface area contributed by atoms with Gasteiger partial charge in [0, 0.05) is 24.6 Å². The maximum absolute atomic E-state index is 11.9. The molecule has 10 heteroatoms. The second kappa shape index (κ2) is 7.41. The van der Waals surface area contributed by atoms with Gasteiger partial charge in [0.15, 0.2) is 0 Å². The zero-order chi connectivity index (χ0) is 16.0. The molecular weight excluding hydrogens is 302 g/mol. The van der Waals surface area contributed by atoms with Crippen molar-refractivity contribution in [2.45, 2.75) is 12.8 Å². The number of nitrogens with zero attached hydrogens (tertiary/aromatic N) is 1. The number of carbonyl (C=O) groups excluding carboxylic acids is 2. The van der Waals surface area contributed by atoms with Crippen LogP contribution < -0.4 is 22.3 Å². The normalized spacial score (nSPS) is 10.0. The van der Waals surface area contributed by atoms with E-state index in [0.29, 0.717) is 6.42 Å². The molecule has 0 atom stereocenters. The molecule has 0 saturated heterocycles. The lowest BCUT2D eigenvalue weighted by Crippen LogP contribution is -2.25. The van der Waals surface area contributed by atoms with Crippen LogP contribution in [-0.2, 0) is 4.79 Å². The highest BCUT2D eigenvalue weighted by Gasteiger charge is 2.20. The average molecular weight is 316 g/mol. The van der Waals surface area contributed by atoms with Crippen molar-refractivity contribution in [1.82, 2.24) is 5.32 Å². The van der Waals surface area contributed by atoms with Crippen LogP contribution in [0.3, 0.4) is 0 Å². The first-order valence-electron chi connectivity index (χ1n) is 5.88. The first kappa shape index (κ1) is 16.7. The first-order chi connectivity index (χ1) is 9.86. The van der Waals surface area contributed by atoms with Gasteiger partial charge in [-0.3, -0.25) is 25.5 Å². The van der Waals surface area contributed by atoms with Crippen LogP contribution in [0.15, 0.2) is 12.1 Å². The fourth-order valence-electron chi connectivity index (χ4n) is 1.58. The Hall–Kier alpha value is -2.39. The van der Waals surface area contributed by atoms with Gasteiger partial charge in [0.25, 0.3) is 11.6 Å². The van der Waals surface area contributed by atoms with E-state index < -0.39 is 22.4 Å². The predicted octanol–water partition coefficient (Wildman–Crippen LogP) is 0.529. The highest BCUT2D eigenvalue weighted by Crippen LogP contribution is 2.32. The second-order valence-corrected chi connectivity index (χ2v) is 4.49. The molecule has 1 rings (SSSR count). The van der Waals surface area contributed by atoms with Gasteiger partial charge >= 0.3 is 0 Å². The Morgan fingerprint density at radius 1 is 1.38 bits per heavy atom. The molecule has 9 nitrogen and oxygen atoms in total. The third-order valence-electron chi connectivity index (χ3n) is 2.56. The number of hydrogen-bond donors (Lipinski definition) is 4. The van der Waals surface area contributed by atoms with Crippen LogP contribution in [0.25, 0.3) is 0 Å². The average Bonchev–Trinajstić information content (AvgIpc) is 2.42. The first-order valence-corrected chi connectivity index (χ1v) is 6.25. The summed E-state index contributed by atoms with van der Waals surface area (Å²) in [6.45, 7) is 0.212. The molecule has 0 aliphatic heterocycles. The third kappa shape index (κ3) is 4.58. The van der Waals surface area contributed by atoms with Crippen molar-refractivity contribution in [3.05, 3.63) is 32.8 Å². The van der Waals surface area contributed by atoms with Crippen molar-refractivity contribution < 1.29 is 14.5 Å². The summed E-state index contributed by atoms with van der Waals surface area (Å²) in [4.78, 5) is 32.6. The van der Waals surface area contributed by atoms with E-state index in [1.807, 2.05) is 0 Å². The smallest absolute Gasteiger partial charge is 0.295 e. The van der Waals surface area contributed by atoms with Gasteiger partial charge in [-0.1, -0.05) is 11.6 Å². The van der Waals surface area contributed by atoms with Crippen LogP contribution in [0.4, 0.5) is 11.4 Å². The number of nitro groups is 1. The lowest BCUT2D eigenvalue weighted by Gasteiger charge is -2.08. The van der Waals surface area contributed by atoms with Crippen molar-refractivity contribution >= 4 is 34.8 Å². The van der Waals surface area contributed by atoms with Gasteiger partial charge in [-0.2, -0.15) is 0 Å². The highest BCUT2D eigenvalue weighted by atomic mass is 35.5. The molecule has 0 radical (unpaired) electrons. The summed E-state index contributed by atoms with van der Waals surface area (Å²) < 4.78 is 0. The number of halogens is 1. The largest absolute Gasteiger partial charge is 0.370 e. The number of rotatable bonds is 7. The van der Waals surface area contributed by atoms with Crippen molar-refractivity contribution in [2.75, 3.05) is 12.0 Å². The Morgan fingerprint density at radius 3 is 2.57 bits per heavy atom. The second-order valence-electron chi connectivity index (χ2n) is 4.08. The fourth-order valence-corrected chi connectivity index (χ4v) is 1.85. The maximum Gasteiger partial charge on any atom is 0.295 e. The van der Waals surface area contributed by atoms with E-state index in [9.17, 15) is 19.7 Å². The van der Waals surface area contributed by atoms with E-state index in [0.717, 1.165) is 6.07 Å². The number of nitrogens with one attached hydrogen (secondary N) is 2. The summed E-state index contributed by atoms with van der Waals surface area (Å²) in [6.07, 6.45) is 0.510. The van der Waals surface area contributed by atoms with E-state index in [1.165, 1.54) is 6.07 Å². The molecule has 0 bridgehead atoms. The molecular formula is C11H14ClN5O4. The molecule has 2 amide bonds. The fraction of sp³-hybridized carbons (Fsp3) is 0.273. The molecule has 0 aliphatic carbocycles. The number of nitro benzene ring substituents is 1. The number of nitrogens with two attached hydrogens (primary N) is 2. The topological polar surface area (TPSA) is 153 Å². The van der Waals surface area contributed by atoms with Gasteiger partial charge in [0.1, 0.15) is 5.69 Å². The number of amides is 2. The van der Waals surface area contributed by atoms with E-state index in [1.54, 1.807) is 0 Å². The minimum Gasteiger partial charge on any atom is -0.370 e. The molecule has 0 aromatic heterocycles. The number of carbonyl (C=O) groups is 2. The molecule has 0 aliphatic rings. The van der Waals surface area contributed by atoms with Crippen LogP contribution in [0.5, 0.6) is 0 Å². The van der Waals surface area contributed by atoms with Crippen molar-refractivity contribution in [2.24, 2.45) is 11.6 Å². The van der Waals surface area contributed by atoms with E-state index in [2.05, 4.69) is 10.7 Å². The van der Waals surface area contributed by atoms with Crippen LogP contribution in [0.2, 0.25) is 5.02 Å². The lowest BCUT2D eigenvalue weighted by molar-refractivity contribution is -0.384. The highest BCUT2D eigenvalue weighted by molar-refractivity contribution is 6.34. The van der Waals surface area contributed by atoms with Crippen LogP contribution >= 0.6 is 11.6 Å². The summed E-state index contributed by atoms with van der Waals surface area (Å²) in [5, 5.41) is 13.4. The van der Waals surface area contributed by atoms with E-state index in [-0.39, 0.29) is 29.2 Å². The quantitative estimate of drug-likeness (QED) is 0.249. The Kier molecular flexibility index (Phi) is 5.88. The standard InChI is InChI=1S/C11H14ClN5O4/c12-7-4-6(5-8(17(20)21)10(7)16-14)11(19)15-3-1-2-9(13)18/h4-5,16H,1-3,14H2,(H2,13,18)(H,15,19). The van der Waals surface area contributed by atoms with Crippen LogP contribution in [-0.4, -0.2) is 23.3 Å². The molecule has 0 spiro atoms. The minimum atomic E-state index is -0.703. The van der Waals surface area contributed by atoms with Gasteiger partial charge in [-0.05, 0) is 12.5 Å². The number of benzene rings is 1. The predicted molar refractivity (Wildman–Crippen MR) is 76.7 cm³/mol. The van der Waals surface area contributed by atoms with E-state index >= 15 is 0 Å². The molecule has 21 heavy (non-hydrogen) atoms. The van der Waals surface area contributed by atoms with Crippen LogP contribution in [0, 0.1) is 10.1 Å². The molecule has 1 aromatic carbocycles. The number of hydrogen-bond acceptors (Lipinski definition) is 6. The molecule has 0 fully saturated rings. The Balaban J connectivity index is 2.85. The maximum atomic E-state index is 11.9. The monoisotopic (exact) mass is 315 g/mol. The van der Waals surface area contributed by atoms with E-state index in [4.69, 9.17) is 23.2 Å². The van der Waals surface area contributed by atoms with Crippen molar-refractivity contribution in [3.63, 3.8) is 0 Å². The molecule has 0 heterocycles. The minimum absolute atomic E-state index is 0.0183. The van der Waals surface area contributed by atoms with Gasteiger partial charge in [0.05, 0.1) is 9.95 Å². The molecule has 0 saturated carbocycles. The SMILES string of the molecule is NNc1c(Cl)cc(C(=O)NCCCC(N)=O)cc1[N+](=O)[O-]. The van der Waals surface area contributed by atoms with Gasteiger partial charge in [0.2, 0.25) is 5.91 Å². The van der Waals surface area contributed by atoms with Crippen molar-refractivity contribution in [1.29, 1.82) is 0 Å². The Labute approximate surface area is 124 Å². The summed E-state index contributed by atoms with van der Waals surface area (Å²) in [5.74, 6) is 4.14. The molecule has 6 N–H and O–H groups in total. The van der Waals surface area contributed by atoms with Crippen LogP contribution in [0.1, 0.15) is 23.2 Å². The summed E-state index contributed by atoms with van der Waals surface area (Å²) in [6, 6.07) is 2.32. The number of hydrazine groups is 1. The third-order valence-corrected chi connectivity index (χ3v) is 2.86.